The summed E-state index contributed by atoms with van der Waals surface area (Å²) in [6.07, 6.45) is 14.5. The van der Waals surface area contributed by atoms with Crippen molar-refractivity contribution in [3.05, 3.63) is 11.9 Å². The van der Waals surface area contributed by atoms with Crippen molar-refractivity contribution in [2.75, 3.05) is 25.4 Å². The second-order valence-corrected chi connectivity index (χ2v) is 11.9. The molecule has 0 spiro atoms. The van der Waals surface area contributed by atoms with E-state index in [4.69, 9.17) is 5.11 Å². The van der Waals surface area contributed by atoms with Gasteiger partial charge in [-0.15, -0.1) is 0 Å². The Balaban J connectivity index is 1.51. The number of aromatic nitrogens is 2. The molecule has 1 atom stereocenters. The lowest BCUT2D eigenvalue weighted by atomic mass is 9.89. The molecule has 6 nitrogen and oxygen atoms in total. The molecule has 2 heterocycles. The molecule has 0 unspecified atom stereocenters. The van der Waals surface area contributed by atoms with Crippen molar-refractivity contribution in [2.24, 2.45) is 17.8 Å². The van der Waals surface area contributed by atoms with Crippen molar-refractivity contribution in [3.63, 3.8) is 0 Å². The summed E-state index contributed by atoms with van der Waals surface area (Å²) in [5, 5.41) is 9.48. The van der Waals surface area contributed by atoms with Crippen LogP contribution in [0, 0.1) is 17.8 Å². The van der Waals surface area contributed by atoms with Crippen molar-refractivity contribution >= 4 is 9.84 Å². The lowest BCUT2D eigenvalue weighted by molar-refractivity contribution is 0.149. The second kappa shape index (κ2) is 10.1. The zero-order valence-corrected chi connectivity index (χ0v) is 19.2. The largest absolute Gasteiger partial charge is 0.396 e. The summed E-state index contributed by atoms with van der Waals surface area (Å²) < 4.78 is 28.3. The number of hydrogen-bond acceptors (Lipinski definition) is 5. The van der Waals surface area contributed by atoms with E-state index in [1.807, 2.05) is 6.20 Å². The number of hydrogen-bond donors (Lipinski definition) is 1. The van der Waals surface area contributed by atoms with E-state index in [1.165, 1.54) is 44.9 Å². The number of likely N-dealkylation sites (tertiary alicyclic amines) is 1. The third-order valence-corrected chi connectivity index (χ3v) is 9.05. The van der Waals surface area contributed by atoms with Crippen molar-refractivity contribution in [1.29, 1.82) is 0 Å². The summed E-state index contributed by atoms with van der Waals surface area (Å²) >= 11 is 0. The molecule has 1 aromatic rings. The molecule has 0 bridgehead atoms. The predicted molar refractivity (Wildman–Crippen MR) is 118 cm³/mol. The highest BCUT2D eigenvalue weighted by atomic mass is 32.2. The molecule has 0 radical (unpaired) electrons. The molecular formula is C23H39N3O3S. The van der Waals surface area contributed by atoms with E-state index < -0.39 is 9.84 Å². The quantitative estimate of drug-likeness (QED) is 0.605. The minimum absolute atomic E-state index is 0.265. The van der Waals surface area contributed by atoms with Gasteiger partial charge < -0.3 is 9.67 Å². The minimum Gasteiger partial charge on any atom is -0.396 e. The highest BCUT2D eigenvalue weighted by Gasteiger charge is 2.33. The lowest BCUT2D eigenvalue weighted by Gasteiger charge is -2.33. The Morgan fingerprint density at radius 3 is 2.50 bits per heavy atom. The van der Waals surface area contributed by atoms with Crippen LogP contribution in [0.25, 0.3) is 0 Å². The smallest absolute Gasteiger partial charge is 0.227 e. The number of aliphatic hydroxyl groups excluding tert-OH is 1. The fraction of sp³-hybridized carbons (Fsp3) is 0.870. The summed E-state index contributed by atoms with van der Waals surface area (Å²) in [7, 11) is -3.32. The van der Waals surface area contributed by atoms with Gasteiger partial charge in [0.1, 0.15) is 0 Å². The monoisotopic (exact) mass is 437 g/mol. The van der Waals surface area contributed by atoms with E-state index in [0.717, 1.165) is 57.6 Å². The highest BCUT2D eigenvalue weighted by molar-refractivity contribution is 7.91. The van der Waals surface area contributed by atoms with Crippen LogP contribution >= 0.6 is 0 Å². The zero-order valence-electron chi connectivity index (χ0n) is 18.3. The Morgan fingerprint density at radius 1 is 1.00 bits per heavy atom. The van der Waals surface area contributed by atoms with Crippen molar-refractivity contribution in [3.8, 4) is 0 Å². The maximum atomic E-state index is 13.1. The summed E-state index contributed by atoms with van der Waals surface area (Å²) in [4.78, 5) is 6.95. The van der Waals surface area contributed by atoms with Gasteiger partial charge in [-0.1, -0.05) is 19.3 Å². The van der Waals surface area contributed by atoms with Crippen LogP contribution in [0.4, 0.5) is 0 Å². The molecule has 2 aliphatic carbocycles. The number of rotatable bonds is 10. The Kier molecular flexibility index (Phi) is 7.53. The average molecular weight is 438 g/mol. The van der Waals surface area contributed by atoms with Gasteiger partial charge in [0.05, 0.1) is 17.6 Å². The summed E-state index contributed by atoms with van der Waals surface area (Å²) in [5.74, 6) is 1.81. The van der Waals surface area contributed by atoms with Crippen molar-refractivity contribution < 1.29 is 13.5 Å². The molecule has 0 amide bonds. The van der Waals surface area contributed by atoms with Gasteiger partial charge in [0.15, 0.2) is 0 Å². The SMILES string of the molecule is O=S(=O)(CC1CC1)c1ncc(CN2CCC[C@H](CCCO)C2)n1CC1CCCCC1. The third-order valence-electron chi connectivity index (χ3n) is 7.26. The Hall–Kier alpha value is -0.920. The topological polar surface area (TPSA) is 75.4 Å². The summed E-state index contributed by atoms with van der Waals surface area (Å²) in [6, 6.07) is 0. The van der Waals surface area contributed by atoms with Crippen LogP contribution in [0.5, 0.6) is 0 Å². The number of piperidine rings is 1. The normalized spacial score (nSPS) is 24.4. The molecular weight excluding hydrogens is 398 g/mol. The molecule has 4 rings (SSSR count). The molecule has 1 N–H and O–H groups in total. The van der Waals surface area contributed by atoms with Gasteiger partial charge in [0.25, 0.3) is 0 Å². The standard InChI is InChI=1S/C23H39N3O3S/c27-13-5-9-19-8-4-12-25(15-19)17-22-14-24-23(30(28,29)18-21-10-11-21)26(22)16-20-6-2-1-3-7-20/h14,19-21,27H,1-13,15-18H2/t19-/m1/s1. The Morgan fingerprint density at radius 2 is 1.77 bits per heavy atom. The van der Waals surface area contributed by atoms with Gasteiger partial charge in [-0.25, -0.2) is 13.4 Å². The molecule has 1 aliphatic heterocycles. The Labute approximate surface area is 182 Å². The van der Waals surface area contributed by atoms with E-state index in [0.29, 0.717) is 22.9 Å². The van der Waals surface area contributed by atoms with Crippen LogP contribution in [0.2, 0.25) is 0 Å². The lowest BCUT2D eigenvalue weighted by Crippen LogP contribution is -2.36. The first-order chi connectivity index (χ1) is 14.5. The Bertz CT molecular complexity index is 782. The van der Waals surface area contributed by atoms with Crippen LogP contribution in [0.15, 0.2) is 11.4 Å². The van der Waals surface area contributed by atoms with Gasteiger partial charge in [-0.05, 0) is 75.7 Å². The molecule has 3 fully saturated rings. The molecule has 1 aromatic heterocycles. The van der Waals surface area contributed by atoms with Gasteiger partial charge in [-0.2, -0.15) is 0 Å². The second-order valence-electron chi connectivity index (χ2n) is 9.98. The average Bonchev–Trinajstić information content (AvgIpc) is 3.46. The fourth-order valence-electron chi connectivity index (χ4n) is 5.40. The fourth-order valence-corrected chi connectivity index (χ4v) is 7.24. The zero-order chi connectivity index (χ0) is 21.0. The molecule has 3 aliphatic rings. The molecule has 7 heteroatoms. The number of sulfone groups is 1. The van der Waals surface area contributed by atoms with E-state index in [2.05, 4.69) is 14.5 Å². The van der Waals surface area contributed by atoms with E-state index >= 15 is 0 Å². The third kappa shape index (κ3) is 5.86. The van der Waals surface area contributed by atoms with Crippen LogP contribution in [-0.4, -0.2) is 53.4 Å². The highest BCUT2D eigenvalue weighted by Crippen LogP contribution is 2.33. The molecule has 2 saturated carbocycles. The first kappa shape index (κ1) is 22.3. The number of nitrogens with zero attached hydrogens (tertiary/aromatic N) is 3. The first-order valence-corrected chi connectivity index (χ1v) is 13.8. The van der Waals surface area contributed by atoms with E-state index in [9.17, 15) is 8.42 Å². The van der Waals surface area contributed by atoms with Crippen molar-refractivity contribution in [1.82, 2.24) is 14.5 Å². The van der Waals surface area contributed by atoms with Gasteiger partial charge in [0.2, 0.25) is 15.0 Å². The van der Waals surface area contributed by atoms with Gasteiger partial charge in [0, 0.05) is 26.2 Å². The maximum Gasteiger partial charge on any atom is 0.227 e. The maximum absolute atomic E-state index is 13.1. The van der Waals surface area contributed by atoms with E-state index in [1.54, 1.807) is 0 Å². The predicted octanol–water partition coefficient (Wildman–Crippen LogP) is 3.63. The molecule has 1 saturated heterocycles. The summed E-state index contributed by atoms with van der Waals surface area (Å²) in [5.41, 5.74) is 1.07. The van der Waals surface area contributed by atoms with Gasteiger partial charge in [-0.3, -0.25) is 4.90 Å². The van der Waals surface area contributed by atoms with Crippen LogP contribution < -0.4 is 0 Å². The van der Waals surface area contributed by atoms with Crippen LogP contribution in [-0.2, 0) is 22.9 Å². The molecule has 170 valence electrons. The molecule has 30 heavy (non-hydrogen) atoms. The van der Waals surface area contributed by atoms with Crippen LogP contribution in [0.1, 0.15) is 76.3 Å². The van der Waals surface area contributed by atoms with Crippen LogP contribution in [0.3, 0.4) is 0 Å². The number of aliphatic hydroxyl groups is 1. The number of imidazole rings is 1. The minimum atomic E-state index is -3.32. The molecule has 0 aromatic carbocycles. The van der Waals surface area contributed by atoms with Gasteiger partial charge >= 0.3 is 0 Å². The first-order valence-electron chi connectivity index (χ1n) is 12.2. The van der Waals surface area contributed by atoms with E-state index in [-0.39, 0.29) is 12.4 Å². The van der Waals surface area contributed by atoms with Crippen molar-refractivity contribution in [2.45, 2.75) is 88.9 Å². The summed E-state index contributed by atoms with van der Waals surface area (Å²) in [6.45, 7) is 3.96.